The van der Waals surface area contributed by atoms with E-state index in [2.05, 4.69) is 15.5 Å². The molecule has 0 radical (unpaired) electrons. The van der Waals surface area contributed by atoms with Crippen molar-refractivity contribution in [2.45, 2.75) is 32.2 Å². The third kappa shape index (κ3) is 7.99. The normalized spacial score (nSPS) is 16.7. The monoisotopic (exact) mass is 301 g/mol. The number of aliphatic hydroxyl groups excluding tert-OH is 1. The number of hydrogen-bond donors (Lipinski definition) is 3. The third-order valence-electron chi connectivity index (χ3n) is 3.38. The molecular weight excluding hydrogens is 274 g/mol. The van der Waals surface area contributed by atoms with Gasteiger partial charge in [0, 0.05) is 32.3 Å². The standard InChI is InChI=1S/C14H27N3O4/c1-2-8-21-9-5-15-13(19)10-17-6-3-12(4-7-17)16-14(20)11-18/h12,18H,2-11H2,1H3,(H,15,19)(H,16,20). The summed E-state index contributed by atoms with van der Waals surface area (Å²) < 4.78 is 5.30. The predicted molar refractivity (Wildman–Crippen MR) is 78.8 cm³/mol. The molecule has 7 nitrogen and oxygen atoms in total. The van der Waals surface area contributed by atoms with Crippen LogP contribution in [-0.2, 0) is 14.3 Å². The molecule has 1 aliphatic rings. The number of rotatable bonds is 9. The summed E-state index contributed by atoms with van der Waals surface area (Å²) in [7, 11) is 0. The van der Waals surface area contributed by atoms with Crippen molar-refractivity contribution in [3.05, 3.63) is 0 Å². The van der Waals surface area contributed by atoms with Gasteiger partial charge in [0.15, 0.2) is 0 Å². The number of amides is 2. The number of piperidine rings is 1. The molecule has 122 valence electrons. The van der Waals surface area contributed by atoms with Gasteiger partial charge in [0.2, 0.25) is 11.8 Å². The highest BCUT2D eigenvalue weighted by molar-refractivity contribution is 5.78. The first-order valence-electron chi connectivity index (χ1n) is 7.62. The van der Waals surface area contributed by atoms with Crippen molar-refractivity contribution in [1.82, 2.24) is 15.5 Å². The molecule has 0 aromatic carbocycles. The zero-order chi connectivity index (χ0) is 15.5. The fraction of sp³-hybridized carbons (Fsp3) is 0.857. The second-order valence-electron chi connectivity index (χ2n) is 5.24. The van der Waals surface area contributed by atoms with Gasteiger partial charge < -0.3 is 20.5 Å². The first kappa shape index (κ1) is 17.9. The Kier molecular flexibility index (Phi) is 8.96. The molecule has 7 heteroatoms. The van der Waals surface area contributed by atoms with E-state index in [1.54, 1.807) is 0 Å². The van der Waals surface area contributed by atoms with Crippen LogP contribution in [0.25, 0.3) is 0 Å². The molecule has 1 saturated heterocycles. The van der Waals surface area contributed by atoms with Crippen LogP contribution < -0.4 is 10.6 Å². The molecule has 0 atom stereocenters. The second-order valence-corrected chi connectivity index (χ2v) is 5.24. The topological polar surface area (TPSA) is 90.9 Å². The van der Waals surface area contributed by atoms with Crippen LogP contribution in [0.5, 0.6) is 0 Å². The van der Waals surface area contributed by atoms with E-state index in [1.165, 1.54) is 0 Å². The van der Waals surface area contributed by atoms with E-state index >= 15 is 0 Å². The van der Waals surface area contributed by atoms with Gasteiger partial charge in [-0.05, 0) is 19.3 Å². The fourth-order valence-corrected chi connectivity index (χ4v) is 2.28. The zero-order valence-electron chi connectivity index (χ0n) is 12.8. The molecule has 0 unspecified atom stereocenters. The van der Waals surface area contributed by atoms with Gasteiger partial charge in [-0.2, -0.15) is 0 Å². The maximum atomic E-state index is 11.7. The number of ether oxygens (including phenoxy) is 1. The molecule has 0 aliphatic carbocycles. The first-order chi connectivity index (χ1) is 10.2. The Hall–Kier alpha value is -1.18. The van der Waals surface area contributed by atoms with E-state index in [4.69, 9.17) is 9.84 Å². The Morgan fingerprint density at radius 1 is 1.24 bits per heavy atom. The highest BCUT2D eigenvalue weighted by atomic mass is 16.5. The van der Waals surface area contributed by atoms with Gasteiger partial charge in [-0.15, -0.1) is 0 Å². The van der Waals surface area contributed by atoms with Gasteiger partial charge in [-0.3, -0.25) is 14.5 Å². The van der Waals surface area contributed by atoms with Crippen LogP contribution >= 0.6 is 0 Å². The van der Waals surface area contributed by atoms with E-state index in [9.17, 15) is 9.59 Å². The van der Waals surface area contributed by atoms with E-state index in [1.807, 2.05) is 6.92 Å². The number of nitrogens with zero attached hydrogens (tertiary/aromatic N) is 1. The number of aliphatic hydroxyl groups is 1. The van der Waals surface area contributed by atoms with Crippen LogP contribution in [0.1, 0.15) is 26.2 Å². The number of likely N-dealkylation sites (tertiary alicyclic amines) is 1. The largest absolute Gasteiger partial charge is 0.387 e. The minimum atomic E-state index is -0.470. The molecule has 2 amide bonds. The summed E-state index contributed by atoms with van der Waals surface area (Å²) >= 11 is 0. The molecule has 1 heterocycles. The van der Waals surface area contributed by atoms with Crippen LogP contribution in [0.3, 0.4) is 0 Å². The van der Waals surface area contributed by atoms with Crippen LogP contribution in [0, 0.1) is 0 Å². The Labute approximate surface area is 126 Å². The summed E-state index contributed by atoms with van der Waals surface area (Å²) in [6, 6.07) is 0.103. The molecule has 1 aliphatic heterocycles. The summed E-state index contributed by atoms with van der Waals surface area (Å²) in [6.45, 7) is 5.33. The lowest BCUT2D eigenvalue weighted by Crippen LogP contribution is -2.48. The SMILES string of the molecule is CCCOCCNC(=O)CN1CCC(NC(=O)CO)CC1. The molecule has 3 N–H and O–H groups in total. The van der Waals surface area contributed by atoms with Crippen molar-refractivity contribution in [2.75, 3.05) is 46.0 Å². The lowest BCUT2D eigenvalue weighted by Gasteiger charge is -2.31. The molecule has 21 heavy (non-hydrogen) atoms. The fourth-order valence-electron chi connectivity index (χ4n) is 2.28. The van der Waals surface area contributed by atoms with Gasteiger partial charge in [0.1, 0.15) is 6.61 Å². The Morgan fingerprint density at radius 2 is 1.95 bits per heavy atom. The summed E-state index contributed by atoms with van der Waals surface area (Å²) in [5.74, 6) is -0.328. The molecule has 0 bridgehead atoms. The smallest absolute Gasteiger partial charge is 0.245 e. The van der Waals surface area contributed by atoms with Crippen molar-refractivity contribution in [3.63, 3.8) is 0 Å². The maximum Gasteiger partial charge on any atom is 0.245 e. The van der Waals surface area contributed by atoms with Crippen molar-refractivity contribution < 1.29 is 19.4 Å². The molecule has 1 fully saturated rings. The van der Waals surface area contributed by atoms with Crippen LogP contribution in [0.2, 0.25) is 0 Å². The zero-order valence-corrected chi connectivity index (χ0v) is 12.8. The van der Waals surface area contributed by atoms with Crippen molar-refractivity contribution >= 4 is 11.8 Å². The Morgan fingerprint density at radius 3 is 2.57 bits per heavy atom. The van der Waals surface area contributed by atoms with Gasteiger partial charge in [0.05, 0.1) is 13.2 Å². The van der Waals surface area contributed by atoms with Gasteiger partial charge >= 0.3 is 0 Å². The van der Waals surface area contributed by atoms with Crippen LogP contribution in [-0.4, -0.2) is 73.9 Å². The Bertz CT molecular complexity index is 317. The van der Waals surface area contributed by atoms with Gasteiger partial charge in [-0.1, -0.05) is 6.92 Å². The molecule has 0 aromatic rings. The second kappa shape index (κ2) is 10.5. The van der Waals surface area contributed by atoms with E-state index in [-0.39, 0.29) is 17.9 Å². The molecule has 0 spiro atoms. The number of carbonyl (C=O) groups excluding carboxylic acids is 2. The molecule has 1 rings (SSSR count). The average Bonchev–Trinajstić information content (AvgIpc) is 2.49. The van der Waals surface area contributed by atoms with Gasteiger partial charge in [-0.25, -0.2) is 0 Å². The number of hydrogen-bond acceptors (Lipinski definition) is 5. The minimum absolute atomic E-state index is 0.00735. The van der Waals surface area contributed by atoms with Crippen LogP contribution in [0.4, 0.5) is 0 Å². The van der Waals surface area contributed by atoms with Crippen molar-refractivity contribution in [3.8, 4) is 0 Å². The highest BCUT2D eigenvalue weighted by Crippen LogP contribution is 2.09. The lowest BCUT2D eigenvalue weighted by molar-refractivity contribution is -0.125. The number of carbonyl (C=O) groups is 2. The quantitative estimate of drug-likeness (QED) is 0.480. The van der Waals surface area contributed by atoms with Crippen molar-refractivity contribution in [1.29, 1.82) is 0 Å². The van der Waals surface area contributed by atoms with E-state index in [0.717, 1.165) is 39.0 Å². The summed E-state index contributed by atoms with van der Waals surface area (Å²) in [4.78, 5) is 24.9. The first-order valence-corrected chi connectivity index (χ1v) is 7.62. The van der Waals surface area contributed by atoms with E-state index < -0.39 is 6.61 Å². The van der Waals surface area contributed by atoms with E-state index in [0.29, 0.717) is 19.7 Å². The maximum absolute atomic E-state index is 11.7. The molecular formula is C14H27N3O4. The molecule has 0 aromatic heterocycles. The van der Waals surface area contributed by atoms with Crippen LogP contribution in [0.15, 0.2) is 0 Å². The Balaban J connectivity index is 2.08. The summed E-state index contributed by atoms with van der Waals surface area (Å²) in [5, 5.41) is 14.3. The lowest BCUT2D eigenvalue weighted by atomic mass is 10.1. The third-order valence-corrected chi connectivity index (χ3v) is 3.38. The minimum Gasteiger partial charge on any atom is -0.387 e. The predicted octanol–water partition coefficient (Wildman–Crippen LogP) is -0.898. The average molecular weight is 301 g/mol. The summed E-state index contributed by atoms with van der Waals surface area (Å²) in [6.07, 6.45) is 2.59. The number of nitrogens with one attached hydrogen (secondary N) is 2. The highest BCUT2D eigenvalue weighted by Gasteiger charge is 2.21. The van der Waals surface area contributed by atoms with Gasteiger partial charge in [0.25, 0.3) is 0 Å². The van der Waals surface area contributed by atoms with Crippen molar-refractivity contribution in [2.24, 2.45) is 0 Å². The molecule has 0 saturated carbocycles. The summed E-state index contributed by atoms with van der Waals surface area (Å²) in [5.41, 5.74) is 0.